The van der Waals surface area contributed by atoms with Crippen molar-refractivity contribution in [3.8, 4) is 11.5 Å². The summed E-state index contributed by atoms with van der Waals surface area (Å²) in [5, 5.41) is 0.347. The summed E-state index contributed by atoms with van der Waals surface area (Å²) in [7, 11) is 6.99. The second kappa shape index (κ2) is 14.2. The Morgan fingerprint density at radius 1 is 0.850 bits per heavy atom. The van der Waals surface area contributed by atoms with Crippen molar-refractivity contribution in [2.45, 2.75) is 46.0 Å². The van der Waals surface area contributed by atoms with E-state index in [9.17, 15) is 4.79 Å². The van der Waals surface area contributed by atoms with Crippen molar-refractivity contribution >= 4 is 23.5 Å². The summed E-state index contributed by atoms with van der Waals surface area (Å²) in [4.78, 5) is 27.4. The minimum absolute atomic E-state index is 0.347. The van der Waals surface area contributed by atoms with E-state index >= 15 is 0 Å². The van der Waals surface area contributed by atoms with E-state index in [1.807, 2.05) is 81.2 Å². The molecule has 10 heteroatoms. The highest BCUT2D eigenvalue weighted by molar-refractivity contribution is 6.30. The molecule has 40 heavy (non-hydrogen) atoms. The largest absolute Gasteiger partial charge is 0.497 e. The summed E-state index contributed by atoms with van der Waals surface area (Å²) < 4.78 is 16.0. The summed E-state index contributed by atoms with van der Waals surface area (Å²) >= 11 is 6.64. The summed E-state index contributed by atoms with van der Waals surface area (Å²) in [6.45, 7) is 8.39. The van der Waals surface area contributed by atoms with E-state index in [0.717, 1.165) is 22.6 Å². The first kappa shape index (κ1) is 31.0. The maximum atomic E-state index is 12.2. The topological polar surface area (TPSA) is 80.3 Å². The number of carbonyl (C=O) groups is 1. The highest BCUT2D eigenvalue weighted by atomic mass is 35.5. The first-order chi connectivity index (χ1) is 19.0. The van der Waals surface area contributed by atoms with Crippen molar-refractivity contribution < 1.29 is 19.0 Å². The van der Waals surface area contributed by atoms with Crippen molar-refractivity contribution in [3.05, 3.63) is 76.7 Å². The van der Waals surface area contributed by atoms with E-state index in [2.05, 4.69) is 9.88 Å². The first-order valence-electron chi connectivity index (χ1n) is 13.1. The number of methoxy groups -OCH3 is 2. The molecule has 0 N–H and O–H groups in total. The van der Waals surface area contributed by atoms with Gasteiger partial charge in [-0.1, -0.05) is 35.9 Å². The van der Waals surface area contributed by atoms with E-state index in [-0.39, 0.29) is 6.09 Å². The van der Waals surface area contributed by atoms with E-state index in [4.69, 9.17) is 30.8 Å². The number of hydrogen-bond acceptors (Lipinski definition) is 8. The second-order valence-corrected chi connectivity index (χ2v) is 11.0. The van der Waals surface area contributed by atoms with Gasteiger partial charge in [0.05, 0.1) is 26.1 Å². The van der Waals surface area contributed by atoms with Gasteiger partial charge in [0.15, 0.2) is 5.15 Å². The molecule has 0 saturated heterocycles. The monoisotopic (exact) mass is 569 g/mol. The van der Waals surface area contributed by atoms with Gasteiger partial charge in [-0.05, 0) is 63.2 Å². The van der Waals surface area contributed by atoms with Crippen LogP contribution < -0.4 is 14.4 Å². The molecule has 3 rings (SSSR count). The van der Waals surface area contributed by atoms with Crippen LogP contribution in [0.15, 0.2) is 54.7 Å². The average molecular weight is 570 g/mol. The van der Waals surface area contributed by atoms with Crippen molar-refractivity contribution in [2.75, 3.05) is 46.3 Å². The molecule has 3 aromatic rings. The average Bonchev–Trinajstić information content (AvgIpc) is 2.92. The molecule has 0 spiro atoms. The molecule has 1 aromatic heterocycles. The molecule has 0 radical (unpaired) electrons. The van der Waals surface area contributed by atoms with Crippen LogP contribution in [0.1, 0.15) is 37.6 Å². The molecule has 0 saturated carbocycles. The minimum Gasteiger partial charge on any atom is -0.497 e. The zero-order chi connectivity index (χ0) is 29.3. The summed E-state index contributed by atoms with van der Waals surface area (Å²) in [5.41, 5.74) is 2.34. The quantitative estimate of drug-likeness (QED) is 0.277. The van der Waals surface area contributed by atoms with Crippen LogP contribution in [-0.4, -0.2) is 72.9 Å². The lowest BCUT2D eigenvalue weighted by Gasteiger charge is -2.26. The van der Waals surface area contributed by atoms with Gasteiger partial charge in [-0.15, -0.1) is 0 Å². The molecule has 1 amide bonds. The minimum atomic E-state index is -0.531. The Balaban J connectivity index is 1.71. The molecule has 9 nitrogen and oxygen atoms in total. The molecule has 0 aliphatic carbocycles. The van der Waals surface area contributed by atoms with Crippen LogP contribution in [0.25, 0.3) is 0 Å². The lowest BCUT2D eigenvalue weighted by molar-refractivity contribution is 0.0286. The van der Waals surface area contributed by atoms with Gasteiger partial charge in [-0.25, -0.2) is 9.78 Å². The van der Waals surface area contributed by atoms with Crippen LogP contribution in [-0.2, 0) is 24.4 Å². The second-order valence-electron chi connectivity index (χ2n) is 10.7. The maximum Gasteiger partial charge on any atom is 0.410 e. The highest BCUT2D eigenvalue weighted by Crippen LogP contribution is 2.24. The molecule has 216 valence electrons. The molecule has 0 fully saturated rings. The maximum absolute atomic E-state index is 12.2. The SMILES string of the molecule is COc1ccc(CN(Cc2ccc(OC)cc2)c2cnc(CN(C)CCN(C)C(=O)OC(C)(C)C)c(Cl)n2)cc1. The highest BCUT2D eigenvalue weighted by Gasteiger charge is 2.20. The summed E-state index contributed by atoms with van der Waals surface area (Å²) in [6, 6.07) is 15.9. The smallest absolute Gasteiger partial charge is 0.410 e. The van der Waals surface area contributed by atoms with Crippen LogP contribution in [0.3, 0.4) is 0 Å². The van der Waals surface area contributed by atoms with Gasteiger partial charge < -0.3 is 24.0 Å². The third-order valence-corrected chi connectivity index (χ3v) is 6.42. The number of rotatable bonds is 12. The Labute approximate surface area is 242 Å². The molecular formula is C30H40ClN5O4. The number of likely N-dealkylation sites (N-methyl/N-ethyl adjacent to an activating group) is 2. The zero-order valence-corrected chi connectivity index (χ0v) is 25.2. The van der Waals surface area contributed by atoms with Crippen molar-refractivity contribution in [1.82, 2.24) is 19.8 Å². The molecule has 0 bridgehead atoms. The number of amides is 1. The van der Waals surface area contributed by atoms with Crippen molar-refractivity contribution in [2.24, 2.45) is 0 Å². The number of benzene rings is 2. The predicted octanol–water partition coefficient (Wildman–Crippen LogP) is 5.65. The number of halogens is 1. The fourth-order valence-corrected chi connectivity index (χ4v) is 4.04. The van der Waals surface area contributed by atoms with Crippen molar-refractivity contribution in [3.63, 3.8) is 0 Å². The van der Waals surface area contributed by atoms with Crippen molar-refractivity contribution in [1.29, 1.82) is 0 Å². The van der Waals surface area contributed by atoms with Crippen LogP contribution in [0.5, 0.6) is 11.5 Å². The van der Waals surface area contributed by atoms with Gasteiger partial charge in [0.1, 0.15) is 22.9 Å². The van der Waals surface area contributed by atoms with Crippen LogP contribution in [0.4, 0.5) is 10.6 Å². The Bertz CT molecular complexity index is 1180. The van der Waals surface area contributed by atoms with Crippen LogP contribution in [0, 0.1) is 0 Å². The number of anilines is 1. The lowest BCUT2D eigenvalue weighted by Crippen LogP contribution is -2.38. The normalized spacial score (nSPS) is 11.3. The Hall–Kier alpha value is -3.56. The van der Waals surface area contributed by atoms with E-state index in [1.165, 1.54) is 0 Å². The Morgan fingerprint density at radius 3 is 1.82 bits per heavy atom. The third-order valence-electron chi connectivity index (χ3n) is 6.12. The fraction of sp³-hybridized carbons (Fsp3) is 0.433. The van der Waals surface area contributed by atoms with Gasteiger partial charge in [-0.2, -0.15) is 0 Å². The van der Waals surface area contributed by atoms with E-state index < -0.39 is 5.60 Å². The lowest BCUT2D eigenvalue weighted by atomic mass is 10.1. The molecular weight excluding hydrogens is 530 g/mol. The van der Waals surface area contributed by atoms with Crippen LogP contribution in [0.2, 0.25) is 5.15 Å². The number of nitrogens with zero attached hydrogens (tertiary/aromatic N) is 5. The third kappa shape index (κ3) is 9.57. The van der Waals surface area contributed by atoms with Gasteiger partial charge in [0, 0.05) is 39.8 Å². The number of carbonyl (C=O) groups excluding carboxylic acids is 1. The predicted molar refractivity (Wildman–Crippen MR) is 158 cm³/mol. The molecule has 1 heterocycles. The van der Waals surface area contributed by atoms with Gasteiger partial charge in [0.25, 0.3) is 0 Å². The standard InChI is InChI=1S/C30H40ClN5O4/c1-30(2,3)40-29(37)35(5)17-16-34(4)21-26-28(31)33-27(18-32-26)36(19-22-8-12-24(38-6)13-9-22)20-23-10-14-25(39-7)15-11-23/h8-15,18H,16-17,19-21H2,1-7H3. The Morgan fingerprint density at radius 2 is 1.38 bits per heavy atom. The number of ether oxygens (including phenoxy) is 3. The Kier molecular flexibility index (Phi) is 11.0. The number of hydrogen-bond donors (Lipinski definition) is 0. The fourth-order valence-electron chi connectivity index (χ4n) is 3.85. The zero-order valence-electron chi connectivity index (χ0n) is 24.5. The first-order valence-corrected chi connectivity index (χ1v) is 13.5. The van der Waals surface area contributed by atoms with Gasteiger partial charge in [-0.3, -0.25) is 9.88 Å². The summed E-state index contributed by atoms with van der Waals surface area (Å²) in [6.07, 6.45) is 1.41. The van der Waals surface area contributed by atoms with E-state index in [0.29, 0.717) is 49.4 Å². The number of aromatic nitrogens is 2. The molecule has 0 unspecified atom stereocenters. The molecule has 0 aliphatic heterocycles. The molecule has 2 aromatic carbocycles. The summed E-state index contributed by atoms with van der Waals surface area (Å²) in [5.74, 6) is 2.28. The van der Waals surface area contributed by atoms with Gasteiger partial charge >= 0.3 is 6.09 Å². The van der Waals surface area contributed by atoms with Crippen LogP contribution >= 0.6 is 11.6 Å². The molecule has 0 atom stereocenters. The molecule has 0 aliphatic rings. The van der Waals surface area contributed by atoms with Gasteiger partial charge in [0.2, 0.25) is 0 Å². The van der Waals surface area contributed by atoms with E-state index in [1.54, 1.807) is 32.4 Å².